The molecule has 150 valence electrons. The first-order valence-electron chi connectivity index (χ1n) is 11.1. The van der Waals surface area contributed by atoms with Crippen LogP contribution in [0.15, 0.2) is 12.1 Å². The molecule has 2 nitrogen and oxygen atoms in total. The Balaban J connectivity index is 1.71. The first-order chi connectivity index (χ1) is 12.6. The molecule has 0 spiro atoms. The van der Waals surface area contributed by atoms with Crippen molar-refractivity contribution in [1.82, 2.24) is 0 Å². The zero-order chi connectivity index (χ0) is 19.6. The summed E-state index contributed by atoms with van der Waals surface area (Å²) in [7, 11) is -0.969. The number of aliphatic hydroxyl groups excluding tert-OH is 1. The van der Waals surface area contributed by atoms with Gasteiger partial charge in [-0.15, -0.1) is 0 Å². The van der Waals surface area contributed by atoms with Gasteiger partial charge < -0.3 is 9.84 Å². The molecule has 3 aliphatic carbocycles. The summed E-state index contributed by atoms with van der Waals surface area (Å²) < 4.78 is 6.40. The molecule has 0 aliphatic heterocycles. The predicted molar refractivity (Wildman–Crippen MR) is 116 cm³/mol. The molecule has 0 radical (unpaired) electrons. The standard InChI is InChI=1S/C24H38O2Si/c1-23(2,3)26-20-13-15-7-8-17-16(18(15)14-21(20)27(5)6)11-12-24(4)19(17)9-10-22(24)25/h13-14,16-17,19,22,25,27H,7-12H2,1-6H3/t16-,17+,19-,22-,24-/m0/s1. The van der Waals surface area contributed by atoms with E-state index in [4.69, 9.17) is 4.74 Å². The molecule has 0 unspecified atom stereocenters. The Morgan fingerprint density at radius 2 is 1.85 bits per heavy atom. The molecule has 27 heavy (non-hydrogen) atoms. The van der Waals surface area contributed by atoms with Crippen LogP contribution < -0.4 is 9.92 Å². The predicted octanol–water partition coefficient (Wildman–Crippen LogP) is 4.77. The molecule has 0 bridgehead atoms. The van der Waals surface area contributed by atoms with Gasteiger partial charge in [-0.05, 0) is 105 Å². The monoisotopic (exact) mass is 386 g/mol. The largest absolute Gasteiger partial charge is 0.488 e. The van der Waals surface area contributed by atoms with E-state index in [0.717, 1.165) is 18.1 Å². The van der Waals surface area contributed by atoms with Gasteiger partial charge in [-0.2, -0.15) is 0 Å². The molecule has 0 aromatic heterocycles. The molecule has 1 aromatic carbocycles. The molecule has 0 saturated heterocycles. The number of fused-ring (bicyclic) bond motifs is 5. The summed E-state index contributed by atoms with van der Waals surface area (Å²) in [5, 5.41) is 12.1. The molecule has 4 rings (SSSR count). The summed E-state index contributed by atoms with van der Waals surface area (Å²) in [4.78, 5) is 0. The van der Waals surface area contributed by atoms with Crippen molar-refractivity contribution in [2.24, 2.45) is 17.3 Å². The van der Waals surface area contributed by atoms with Crippen LogP contribution in [0.3, 0.4) is 0 Å². The minimum absolute atomic E-state index is 0.0777. The fraction of sp³-hybridized carbons (Fsp3) is 0.750. The summed E-state index contributed by atoms with van der Waals surface area (Å²) in [5.41, 5.74) is 3.20. The highest BCUT2D eigenvalue weighted by molar-refractivity contribution is 6.71. The maximum atomic E-state index is 10.6. The summed E-state index contributed by atoms with van der Waals surface area (Å²) in [6.07, 6.45) is 7.07. The fourth-order valence-electron chi connectivity index (χ4n) is 6.46. The number of benzene rings is 1. The third-order valence-corrected chi connectivity index (χ3v) is 9.54. The Bertz CT molecular complexity index is 720. The Hall–Kier alpha value is -0.803. The van der Waals surface area contributed by atoms with Crippen LogP contribution in [0.5, 0.6) is 5.75 Å². The summed E-state index contributed by atoms with van der Waals surface area (Å²) in [5.74, 6) is 3.33. The van der Waals surface area contributed by atoms with Crippen molar-refractivity contribution in [3.05, 3.63) is 23.3 Å². The van der Waals surface area contributed by atoms with Crippen LogP contribution in [0.4, 0.5) is 0 Å². The summed E-state index contributed by atoms with van der Waals surface area (Å²) >= 11 is 0. The minimum atomic E-state index is -0.969. The van der Waals surface area contributed by atoms with E-state index in [-0.39, 0.29) is 17.1 Å². The van der Waals surface area contributed by atoms with E-state index >= 15 is 0 Å². The number of hydrogen-bond acceptors (Lipinski definition) is 2. The topological polar surface area (TPSA) is 29.5 Å². The maximum Gasteiger partial charge on any atom is 0.119 e. The molecule has 3 heteroatoms. The number of ether oxygens (including phenoxy) is 1. The molecule has 3 aliphatic rings. The number of hydrogen-bond donors (Lipinski definition) is 1. The van der Waals surface area contributed by atoms with Crippen LogP contribution >= 0.6 is 0 Å². The van der Waals surface area contributed by atoms with Crippen molar-refractivity contribution in [2.75, 3.05) is 0 Å². The van der Waals surface area contributed by atoms with Gasteiger partial charge in [-0.3, -0.25) is 0 Å². The molecule has 5 atom stereocenters. The van der Waals surface area contributed by atoms with Crippen molar-refractivity contribution in [3.63, 3.8) is 0 Å². The Morgan fingerprint density at radius 3 is 2.52 bits per heavy atom. The van der Waals surface area contributed by atoms with Crippen LogP contribution in [0, 0.1) is 17.3 Å². The average Bonchev–Trinajstić information content (AvgIpc) is 2.87. The molecule has 1 N–H and O–H groups in total. The quantitative estimate of drug-likeness (QED) is 0.742. The zero-order valence-electron chi connectivity index (χ0n) is 18.1. The van der Waals surface area contributed by atoms with Crippen LogP contribution in [0.1, 0.15) is 76.8 Å². The van der Waals surface area contributed by atoms with Gasteiger partial charge in [0.05, 0.1) is 14.9 Å². The van der Waals surface area contributed by atoms with Gasteiger partial charge in [0.2, 0.25) is 0 Å². The maximum absolute atomic E-state index is 10.6. The highest BCUT2D eigenvalue weighted by Crippen LogP contribution is 2.60. The van der Waals surface area contributed by atoms with Crippen molar-refractivity contribution in [2.45, 2.75) is 96.9 Å². The molecule has 0 amide bonds. The number of aryl methyl sites for hydroxylation is 1. The van der Waals surface area contributed by atoms with E-state index in [1.54, 1.807) is 5.56 Å². The lowest BCUT2D eigenvalue weighted by atomic mass is 9.55. The molecular weight excluding hydrogens is 348 g/mol. The molecule has 2 saturated carbocycles. The molecule has 2 fully saturated rings. The minimum Gasteiger partial charge on any atom is -0.488 e. The van der Waals surface area contributed by atoms with Crippen LogP contribution in [0.25, 0.3) is 0 Å². The van der Waals surface area contributed by atoms with Gasteiger partial charge in [0.25, 0.3) is 0 Å². The third kappa shape index (κ3) is 3.29. The normalized spacial score (nSPS) is 35.6. The van der Waals surface area contributed by atoms with Crippen molar-refractivity contribution in [3.8, 4) is 5.75 Å². The summed E-state index contributed by atoms with van der Waals surface area (Å²) in [6.45, 7) is 13.7. The van der Waals surface area contributed by atoms with Gasteiger partial charge in [-0.25, -0.2) is 0 Å². The van der Waals surface area contributed by atoms with E-state index in [9.17, 15) is 5.11 Å². The lowest BCUT2D eigenvalue weighted by Gasteiger charge is -2.50. The second kappa shape index (κ2) is 6.62. The van der Waals surface area contributed by atoms with Gasteiger partial charge in [0, 0.05) is 0 Å². The zero-order valence-corrected chi connectivity index (χ0v) is 19.3. The lowest BCUT2D eigenvalue weighted by Crippen LogP contribution is -2.44. The van der Waals surface area contributed by atoms with Crippen LogP contribution in [-0.4, -0.2) is 25.6 Å². The Morgan fingerprint density at radius 1 is 1.11 bits per heavy atom. The van der Waals surface area contributed by atoms with E-state index in [0.29, 0.717) is 11.8 Å². The van der Waals surface area contributed by atoms with E-state index in [1.165, 1.54) is 42.9 Å². The van der Waals surface area contributed by atoms with Gasteiger partial charge >= 0.3 is 0 Å². The Kier molecular flexibility index (Phi) is 4.79. The first-order valence-corrected chi connectivity index (χ1v) is 14.0. The average molecular weight is 387 g/mol. The van der Waals surface area contributed by atoms with E-state index < -0.39 is 8.80 Å². The lowest BCUT2D eigenvalue weighted by molar-refractivity contribution is -0.0226. The van der Waals surface area contributed by atoms with Gasteiger partial charge in [-0.1, -0.05) is 26.1 Å². The molecular formula is C24H38O2Si. The fourth-order valence-corrected chi connectivity index (χ4v) is 7.68. The molecule has 1 aromatic rings. The van der Waals surface area contributed by atoms with Crippen LogP contribution in [-0.2, 0) is 6.42 Å². The number of rotatable bonds is 2. The SMILES string of the molecule is C[SiH](C)c1cc2c(cc1OC(C)(C)C)CC[C@@H]1[C@@H]2CC[C@]2(C)[C@@H](O)CC[C@@H]12. The second-order valence-corrected chi connectivity index (χ2v) is 13.9. The van der Waals surface area contributed by atoms with Crippen molar-refractivity contribution >= 4 is 14.0 Å². The van der Waals surface area contributed by atoms with Gasteiger partial charge in [0.1, 0.15) is 11.4 Å². The second-order valence-electron chi connectivity index (χ2n) is 11.0. The highest BCUT2D eigenvalue weighted by Gasteiger charge is 2.54. The number of aliphatic hydroxyl groups is 1. The van der Waals surface area contributed by atoms with E-state index in [2.05, 4.69) is 52.9 Å². The van der Waals surface area contributed by atoms with Crippen molar-refractivity contribution < 1.29 is 9.84 Å². The van der Waals surface area contributed by atoms with Crippen molar-refractivity contribution in [1.29, 1.82) is 0 Å². The smallest absolute Gasteiger partial charge is 0.119 e. The molecule has 0 heterocycles. The summed E-state index contributed by atoms with van der Waals surface area (Å²) in [6, 6.07) is 4.95. The van der Waals surface area contributed by atoms with E-state index in [1.807, 2.05) is 0 Å². The van der Waals surface area contributed by atoms with Gasteiger partial charge in [0.15, 0.2) is 0 Å². The first kappa shape index (κ1) is 19.5. The third-order valence-electron chi connectivity index (χ3n) is 7.84. The van der Waals surface area contributed by atoms with Crippen LogP contribution in [0.2, 0.25) is 13.1 Å². The Labute approximate surface area is 167 Å². The highest BCUT2D eigenvalue weighted by atomic mass is 28.3.